The number of ether oxygens (including phenoxy) is 1. The first-order valence-electron chi connectivity index (χ1n) is 3.83. The van der Waals surface area contributed by atoms with E-state index in [9.17, 15) is 18.0 Å². The molecular formula is C8H4BrF3INO2. The predicted molar refractivity (Wildman–Crippen MR) is 61.7 cm³/mol. The molecule has 0 aliphatic heterocycles. The van der Waals surface area contributed by atoms with Crippen LogP contribution in [-0.4, -0.2) is 17.6 Å². The summed E-state index contributed by atoms with van der Waals surface area (Å²) in [4.78, 5) is 14.2. The molecule has 0 bridgehead atoms. The highest BCUT2D eigenvalue weighted by molar-refractivity contribution is 14.1. The standard InChI is InChI=1S/C8H4BrF3INO2/c9-2-4-1-6(16-8(10,11)12)14-7(13)5(4)3-15/h1,3H,2H2. The Kier molecular flexibility index (Phi) is 4.53. The van der Waals surface area contributed by atoms with E-state index in [2.05, 4.69) is 25.7 Å². The lowest BCUT2D eigenvalue weighted by molar-refractivity contribution is -0.276. The average molecular weight is 410 g/mol. The summed E-state index contributed by atoms with van der Waals surface area (Å²) in [6.45, 7) is 0. The molecule has 0 radical (unpaired) electrons. The second kappa shape index (κ2) is 5.30. The van der Waals surface area contributed by atoms with Crippen molar-refractivity contribution in [2.45, 2.75) is 11.7 Å². The van der Waals surface area contributed by atoms with Gasteiger partial charge in [0.25, 0.3) is 0 Å². The summed E-state index contributed by atoms with van der Waals surface area (Å²) in [7, 11) is 0. The van der Waals surface area contributed by atoms with Crippen molar-refractivity contribution >= 4 is 44.8 Å². The first kappa shape index (κ1) is 13.7. The molecule has 88 valence electrons. The zero-order chi connectivity index (χ0) is 12.3. The van der Waals surface area contributed by atoms with Gasteiger partial charge in [-0.05, 0) is 28.2 Å². The van der Waals surface area contributed by atoms with Gasteiger partial charge in [0, 0.05) is 11.4 Å². The second-order valence-corrected chi connectivity index (χ2v) is 4.21. The lowest BCUT2D eigenvalue weighted by Gasteiger charge is -2.10. The zero-order valence-corrected chi connectivity index (χ0v) is 11.3. The Hall–Kier alpha value is -0.380. The summed E-state index contributed by atoms with van der Waals surface area (Å²) in [6, 6.07) is 1.08. The number of carbonyl (C=O) groups is 1. The predicted octanol–water partition coefficient (Wildman–Crippen LogP) is 3.29. The van der Waals surface area contributed by atoms with Crippen LogP contribution in [0.5, 0.6) is 5.88 Å². The first-order valence-corrected chi connectivity index (χ1v) is 6.03. The number of alkyl halides is 4. The Labute approximate surface area is 111 Å². The summed E-state index contributed by atoms with van der Waals surface area (Å²) in [5.41, 5.74) is 0.653. The van der Waals surface area contributed by atoms with Crippen LogP contribution in [0, 0.1) is 3.70 Å². The molecule has 0 N–H and O–H groups in total. The maximum Gasteiger partial charge on any atom is 0.574 e. The molecule has 0 aliphatic rings. The van der Waals surface area contributed by atoms with E-state index in [-0.39, 0.29) is 14.6 Å². The van der Waals surface area contributed by atoms with Crippen LogP contribution in [0.3, 0.4) is 0 Å². The van der Waals surface area contributed by atoms with E-state index in [1.54, 1.807) is 22.6 Å². The number of aromatic nitrogens is 1. The molecule has 0 fully saturated rings. The summed E-state index contributed by atoms with van der Waals surface area (Å²) in [5.74, 6) is -0.572. The van der Waals surface area contributed by atoms with E-state index < -0.39 is 12.2 Å². The topological polar surface area (TPSA) is 39.2 Å². The fourth-order valence-corrected chi connectivity index (χ4v) is 2.13. The summed E-state index contributed by atoms with van der Waals surface area (Å²) >= 11 is 4.75. The van der Waals surface area contributed by atoms with Crippen LogP contribution in [0.2, 0.25) is 0 Å². The number of nitrogens with zero attached hydrogens (tertiary/aromatic N) is 1. The van der Waals surface area contributed by atoms with Gasteiger partial charge in [-0.25, -0.2) is 4.98 Å². The molecule has 0 aromatic carbocycles. The normalized spacial score (nSPS) is 11.3. The summed E-state index contributed by atoms with van der Waals surface area (Å²) in [5, 5.41) is 0.244. The lowest BCUT2D eigenvalue weighted by atomic mass is 10.2. The molecular weight excluding hydrogens is 406 g/mol. The van der Waals surface area contributed by atoms with Crippen molar-refractivity contribution in [3.8, 4) is 5.88 Å². The number of rotatable bonds is 3. The van der Waals surface area contributed by atoms with Gasteiger partial charge >= 0.3 is 6.36 Å². The molecule has 0 saturated carbocycles. The smallest absolute Gasteiger partial charge is 0.388 e. The van der Waals surface area contributed by atoms with Crippen LogP contribution in [0.4, 0.5) is 13.2 Å². The Morgan fingerprint density at radius 3 is 2.62 bits per heavy atom. The highest BCUT2D eigenvalue weighted by atomic mass is 127. The monoisotopic (exact) mass is 409 g/mol. The van der Waals surface area contributed by atoms with Crippen LogP contribution in [-0.2, 0) is 5.33 Å². The third kappa shape index (κ3) is 3.58. The Morgan fingerprint density at radius 2 is 2.19 bits per heavy atom. The largest absolute Gasteiger partial charge is 0.574 e. The second-order valence-electron chi connectivity index (χ2n) is 2.62. The van der Waals surface area contributed by atoms with E-state index in [4.69, 9.17) is 0 Å². The molecule has 8 heteroatoms. The summed E-state index contributed by atoms with van der Waals surface area (Å²) in [6.07, 6.45) is -4.24. The van der Waals surface area contributed by atoms with Gasteiger partial charge < -0.3 is 4.74 Å². The van der Waals surface area contributed by atoms with Gasteiger partial charge in [-0.3, -0.25) is 4.79 Å². The molecule has 0 saturated heterocycles. The SMILES string of the molecule is O=Cc1c(CBr)cc(OC(F)(F)F)nc1I. The maximum absolute atomic E-state index is 11.9. The number of pyridine rings is 1. The van der Waals surface area contributed by atoms with Gasteiger partial charge in [0.2, 0.25) is 5.88 Å². The van der Waals surface area contributed by atoms with Crippen molar-refractivity contribution in [3.63, 3.8) is 0 Å². The van der Waals surface area contributed by atoms with Crippen molar-refractivity contribution in [1.29, 1.82) is 0 Å². The van der Waals surface area contributed by atoms with E-state index in [0.717, 1.165) is 6.07 Å². The van der Waals surface area contributed by atoms with Gasteiger partial charge in [-0.2, -0.15) is 0 Å². The van der Waals surface area contributed by atoms with E-state index in [0.29, 0.717) is 11.8 Å². The number of aldehydes is 1. The van der Waals surface area contributed by atoms with E-state index in [1.807, 2.05) is 0 Å². The molecule has 1 aromatic rings. The Bertz CT molecular complexity index is 411. The molecule has 0 aliphatic carbocycles. The van der Waals surface area contributed by atoms with Gasteiger partial charge in [-0.1, -0.05) is 15.9 Å². The zero-order valence-electron chi connectivity index (χ0n) is 7.52. The summed E-state index contributed by atoms with van der Waals surface area (Å²) < 4.78 is 39.7. The third-order valence-corrected chi connectivity index (χ3v) is 2.98. The van der Waals surface area contributed by atoms with Crippen LogP contribution >= 0.6 is 38.5 Å². The molecule has 16 heavy (non-hydrogen) atoms. The molecule has 1 aromatic heterocycles. The molecule has 1 heterocycles. The molecule has 1 rings (SSSR count). The average Bonchev–Trinajstić information content (AvgIpc) is 2.14. The molecule has 0 unspecified atom stereocenters. The Morgan fingerprint density at radius 1 is 1.56 bits per heavy atom. The van der Waals surface area contributed by atoms with E-state index >= 15 is 0 Å². The maximum atomic E-state index is 11.9. The highest BCUT2D eigenvalue weighted by Crippen LogP contribution is 2.26. The lowest BCUT2D eigenvalue weighted by Crippen LogP contribution is -2.18. The molecule has 0 atom stereocenters. The van der Waals surface area contributed by atoms with Gasteiger partial charge in [-0.15, -0.1) is 13.2 Å². The van der Waals surface area contributed by atoms with Crippen LogP contribution in [0.15, 0.2) is 6.07 Å². The molecule has 0 amide bonds. The third-order valence-electron chi connectivity index (χ3n) is 1.56. The molecule has 3 nitrogen and oxygen atoms in total. The van der Waals surface area contributed by atoms with Crippen molar-refractivity contribution < 1.29 is 22.7 Å². The van der Waals surface area contributed by atoms with Gasteiger partial charge in [0.05, 0.1) is 5.56 Å². The first-order chi connectivity index (χ1) is 7.37. The van der Waals surface area contributed by atoms with E-state index in [1.165, 1.54) is 0 Å². The van der Waals surface area contributed by atoms with Crippen LogP contribution in [0.25, 0.3) is 0 Å². The Balaban J connectivity index is 3.15. The van der Waals surface area contributed by atoms with Crippen molar-refractivity contribution in [2.24, 2.45) is 0 Å². The number of halogens is 5. The van der Waals surface area contributed by atoms with Crippen molar-refractivity contribution in [1.82, 2.24) is 4.98 Å². The minimum absolute atomic E-state index is 0.170. The minimum Gasteiger partial charge on any atom is -0.388 e. The van der Waals surface area contributed by atoms with Crippen LogP contribution < -0.4 is 4.74 Å². The number of hydrogen-bond donors (Lipinski definition) is 0. The molecule has 0 spiro atoms. The highest BCUT2D eigenvalue weighted by Gasteiger charge is 2.32. The van der Waals surface area contributed by atoms with Crippen molar-refractivity contribution in [2.75, 3.05) is 0 Å². The van der Waals surface area contributed by atoms with Crippen molar-refractivity contribution in [3.05, 3.63) is 20.9 Å². The number of carbonyl (C=O) groups excluding carboxylic acids is 1. The fourth-order valence-electron chi connectivity index (χ4n) is 0.954. The van der Waals surface area contributed by atoms with Gasteiger partial charge in [0.1, 0.15) is 3.70 Å². The fraction of sp³-hybridized carbons (Fsp3) is 0.250. The van der Waals surface area contributed by atoms with Gasteiger partial charge in [0.15, 0.2) is 6.29 Å². The van der Waals surface area contributed by atoms with Crippen LogP contribution in [0.1, 0.15) is 15.9 Å². The quantitative estimate of drug-likeness (QED) is 0.333. The number of hydrogen-bond acceptors (Lipinski definition) is 3. The minimum atomic E-state index is -4.79.